The van der Waals surface area contributed by atoms with E-state index in [0.717, 1.165) is 5.56 Å². The van der Waals surface area contributed by atoms with Crippen LogP contribution in [0.15, 0.2) is 48.5 Å². The monoisotopic (exact) mass is 453 g/mol. The van der Waals surface area contributed by atoms with Crippen LogP contribution < -0.4 is 16.0 Å². The number of aromatic hydroxyl groups is 1. The SMILES string of the molecule is CC(C)C(NC(=O)c1ccc(C(C)(C)C)cc1)C(=O)NCCCNC(=O)c1cccc(O)c1. The van der Waals surface area contributed by atoms with Gasteiger partial charge in [-0.25, -0.2) is 0 Å². The van der Waals surface area contributed by atoms with E-state index in [4.69, 9.17) is 0 Å². The highest BCUT2D eigenvalue weighted by atomic mass is 16.3. The van der Waals surface area contributed by atoms with Gasteiger partial charge in [-0.1, -0.05) is 52.8 Å². The van der Waals surface area contributed by atoms with Crippen molar-refractivity contribution in [1.29, 1.82) is 0 Å². The molecule has 7 heteroatoms. The number of phenolic OH excluding ortho intramolecular Hbond substituents is 1. The quantitative estimate of drug-likeness (QED) is 0.437. The van der Waals surface area contributed by atoms with E-state index in [9.17, 15) is 19.5 Å². The first kappa shape index (κ1) is 25.9. The molecule has 0 heterocycles. The molecule has 2 aromatic rings. The molecule has 0 aliphatic carbocycles. The zero-order valence-electron chi connectivity index (χ0n) is 20.1. The summed E-state index contributed by atoms with van der Waals surface area (Å²) in [5.41, 5.74) is 2.01. The summed E-state index contributed by atoms with van der Waals surface area (Å²) >= 11 is 0. The molecule has 0 fully saturated rings. The van der Waals surface area contributed by atoms with Crippen LogP contribution in [-0.2, 0) is 10.2 Å². The first-order valence-corrected chi connectivity index (χ1v) is 11.3. The van der Waals surface area contributed by atoms with Gasteiger partial charge >= 0.3 is 0 Å². The minimum absolute atomic E-state index is 0.00228. The highest BCUT2D eigenvalue weighted by Gasteiger charge is 2.24. The predicted octanol–water partition coefficient (Wildman–Crippen LogP) is 3.38. The minimum Gasteiger partial charge on any atom is -0.508 e. The lowest BCUT2D eigenvalue weighted by atomic mass is 9.86. The number of amides is 3. The van der Waals surface area contributed by atoms with Crippen LogP contribution in [0.5, 0.6) is 5.75 Å². The van der Waals surface area contributed by atoms with Crippen molar-refractivity contribution in [1.82, 2.24) is 16.0 Å². The molecule has 4 N–H and O–H groups in total. The average Bonchev–Trinajstić information content (AvgIpc) is 2.76. The number of carbonyl (C=O) groups excluding carboxylic acids is 3. The zero-order valence-corrected chi connectivity index (χ0v) is 20.1. The molecule has 0 spiro atoms. The molecular formula is C26H35N3O4. The maximum absolute atomic E-state index is 12.7. The molecule has 33 heavy (non-hydrogen) atoms. The van der Waals surface area contributed by atoms with E-state index in [0.29, 0.717) is 30.6 Å². The summed E-state index contributed by atoms with van der Waals surface area (Å²) in [5.74, 6) is -0.899. The summed E-state index contributed by atoms with van der Waals surface area (Å²) in [6, 6.07) is 12.9. The smallest absolute Gasteiger partial charge is 0.251 e. The lowest BCUT2D eigenvalue weighted by Crippen LogP contribution is -2.50. The summed E-state index contributed by atoms with van der Waals surface area (Å²) in [6.07, 6.45) is 0.531. The van der Waals surface area contributed by atoms with Crippen molar-refractivity contribution in [2.24, 2.45) is 5.92 Å². The van der Waals surface area contributed by atoms with E-state index in [1.165, 1.54) is 12.1 Å². The second-order valence-electron chi connectivity index (χ2n) is 9.47. The Kier molecular flexibility index (Phi) is 9.02. The third-order valence-corrected chi connectivity index (χ3v) is 5.30. The van der Waals surface area contributed by atoms with Crippen molar-refractivity contribution in [2.45, 2.75) is 52.5 Å². The van der Waals surface area contributed by atoms with Gasteiger partial charge in [-0.15, -0.1) is 0 Å². The number of nitrogens with one attached hydrogen (secondary N) is 3. The normalized spacial score (nSPS) is 12.2. The molecule has 0 saturated heterocycles. The third kappa shape index (κ3) is 7.93. The average molecular weight is 454 g/mol. The first-order valence-electron chi connectivity index (χ1n) is 11.3. The van der Waals surface area contributed by atoms with Crippen molar-refractivity contribution in [3.63, 3.8) is 0 Å². The maximum Gasteiger partial charge on any atom is 0.251 e. The Morgan fingerprint density at radius 3 is 2.09 bits per heavy atom. The molecule has 2 rings (SSSR count). The second kappa shape index (κ2) is 11.5. The highest BCUT2D eigenvalue weighted by Crippen LogP contribution is 2.22. The van der Waals surface area contributed by atoms with Gasteiger partial charge in [-0.05, 0) is 53.6 Å². The zero-order chi connectivity index (χ0) is 24.6. The van der Waals surface area contributed by atoms with Crippen molar-refractivity contribution >= 4 is 17.7 Å². The second-order valence-corrected chi connectivity index (χ2v) is 9.47. The van der Waals surface area contributed by atoms with Crippen LogP contribution in [0.25, 0.3) is 0 Å². The van der Waals surface area contributed by atoms with Crippen LogP contribution in [0.3, 0.4) is 0 Å². The Hall–Kier alpha value is -3.35. The van der Waals surface area contributed by atoms with Crippen molar-refractivity contribution in [2.75, 3.05) is 13.1 Å². The fraction of sp³-hybridized carbons (Fsp3) is 0.423. The molecule has 178 valence electrons. The Morgan fingerprint density at radius 2 is 1.52 bits per heavy atom. The van der Waals surface area contributed by atoms with E-state index in [1.54, 1.807) is 24.3 Å². The van der Waals surface area contributed by atoms with E-state index >= 15 is 0 Å². The van der Waals surface area contributed by atoms with E-state index < -0.39 is 6.04 Å². The summed E-state index contributed by atoms with van der Waals surface area (Å²) in [6.45, 7) is 10.8. The van der Waals surface area contributed by atoms with Gasteiger partial charge in [0.05, 0.1) is 0 Å². The minimum atomic E-state index is -0.665. The van der Waals surface area contributed by atoms with Gasteiger partial charge in [0.15, 0.2) is 0 Å². The van der Waals surface area contributed by atoms with Crippen LogP contribution in [-0.4, -0.2) is 42.0 Å². The standard InChI is InChI=1S/C26H35N3O4/c1-17(2)22(29-24(32)18-10-12-20(13-11-18)26(3,4)5)25(33)28-15-7-14-27-23(31)19-8-6-9-21(30)16-19/h6,8-13,16-17,22,30H,7,14-15H2,1-5H3,(H,27,31)(H,28,33)(H,29,32). The van der Waals surface area contributed by atoms with Crippen molar-refractivity contribution < 1.29 is 19.5 Å². The van der Waals surface area contributed by atoms with Crippen LogP contribution in [0, 0.1) is 5.92 Å². The van der Waals surface area contributed by atoms with Gasteiger partial charge in [0.25, 0.3) is 11.8 Å². The molecule has 0 radical (unpaired) electrons. The van der Waals surface area contributed by atoms with Crippen molar-refractivity contribution in [3.05, 3.63) is 65.2 Å². The number of benzene rings is 2. The summed E-state index contributed by atoms with van der Waals surface area (Å²) in [7, 11) is 0. The molecule has 3 amide bonds. The van der Waals surface area contributed by atoms with Crippen LogP contribution in [0.2, 0.25) is 0 Å². The van der Waals surface area contributed by atoms with Gasteiger partial charge in [-0.3, -0.25) is 14.4 Å². The van der Waals surface area contributed by atoms with Crippen LogP contribution in [0.4, 0.5) is 0 Å². The van der Waals surface area contributed by atoms with Gasteiger partial charge in [0, 0.05) is 24.2 Å². The molecule has 1 unspecified atom stereocenters. The Morgan fingerprint density at radius 1 is 0.879 bits per heavy atom. The molecule has 2 aromatic carbocycles. The van der Waals surface area contributed by atoms with Gasteiger partial charge in [0.2, 0.25) is 5.91 Å². The maximum atomic E-state index is 12.7. The highest BCUT2D eigenvalue weighted by molar-refractivity contribution is 5.97. The number of phenols is 1. The Balaban J connectivity index is 1.82. The molecule has 0 saturated carbocycles. The number of hydrogen-bond donors (Lipinski definition) is 4. The largest absolute Gasteiger partial charge is 0.508 e. The molecule has 0 bridgehead atoms. The third-order valence-electron chi connectivity index (χ3n) is 5.30. The number of hydrogen-bond acceptors (Lipinski definition) is 4. The fourth-order valence-corrected chi connectivity index (χ4v) is 3.24. The lowest BCUT2D eigenvalue weighted by Gasteiger charge is -2.22. The topological polar surface area (TPSA) is 108 Å². The Bertz CT molecular complexity index is 962. The summed E-state index contributed by atoms with van der Waals surface area (Å²) in [4.78, 5) is 37.4. The van der Waals surface area contributed by atoms with Crippen LogP contribution in [0.1, 0.15) is 67.3 Å². The number of carbonyl (C=O) groups is 3. The van der Waals surface area contributed by atoms with E-state index in [-0.39, 0.29) is 34.8 Å². The Labute approximate surface area is 196 Å². The molecule has 0 aromatic heterocycles. The molecule has 0 aliphatic rings. The number of rotatable bonds is 9. The predicted molar refractivity (Wildman–Crippen MR) is 129 cm³/mol. The van der Waals surface area contributed by atoms with Crippen LogP contribution >= 0.6 is 0 Å². The van der Waals surface area contributed by atoms with Gasteiger partial charge < -0.3 is 21.1 Å². The van der Waals surface area contributed by atoms with Gasteiger partial charge in [-0.2, -0.15) is 0 Å². The first-order chi connectivity index (χ1) is 15.5. The van der Waals surface area contributed by atoms with Gasteiger partial charge in [0.1, 0.15) is 11.8 Å². The van der Waals surface area contributed by atoms with E-state index in [1.807, 2.05) is 26.0 Å². The molecular weight excluding hydrogens is 418 g/mol. The summed E-state index contributed by atoms with van der Waals surface area (Å²) in [5, 5.41) is 17.9. The van der Waals surface area contributed by atoms with E-state index in [2.05, 4.69) is 36.7 Å². The summed E-state index contributed by atoms with van der Waals surface area (Å²) < 4.78 is 0. The molecule has 1 atom stereocenters. The fourth-order valence-electron chi connectivity index (χ4n) is 3.24. The van der Waals surface area contributed by atoms with Crippen molar-refractivity contribution in [3.8, 4) is 5.75 Å². The molecule has 7 nitrogen and oxygen atoms in total. The lowest BCUT2D eigenvalue weighted by molar-refractivity contribution is -0.123. The molecule has 0 aliphatic heterocycles.